The zero-order chi connectivity index (χ0) is 15.5. The summed E-state index contributed by atoms with van der Waals surface area (Å²) in [6.07, 6.45) is 3.92. The van der Waals surface area contributed by atoms with Crippen LogP contribution >= 0.6 is 11.6 Å². The fourth-order valence-corrected chi connectivity index (χ4v) is 3.23. The molecule has 2 rings (SSSR count). The van der Waals surface area contributed by atoms with Crippen molar-refractivity contribution in [1.82, 2.24) is 14.5 Å². The van der Waals surface area contributed by atoms with Crippen LogP contribution in [0.2, 0.25) is 5.02 Å². The van der Waals surface area contributed by atoms with E-state index in [-0.39, 0.29) is 17.3 Å². The van der Waals surface area contributed by atoms with Crippen LogP contribution in [0.3, 0.4) is 0 Å². The van der Waals surface area contributed by atoms with E-state index in [0.29, 0.717) is 13.0 Å². The van der Waals surface area contributed by atoms with Gasteiger partial charge in [-0.15, -0.1) is 0 Å². The topological polar surface area (TPSA) is 90.0 Å². The predicted octanol–water partition coefficient (Wildman–Crippen LogP) is 1.63. The molecule has 6 nitrogen and oxygen atoms in total. The van der Waals surface area contributed by atoms with Crippen LogP contribution in [0.4, 0.5) is 10.1 Å². The summed E-state index contributed by atoms with van der Waals surface area (Å²) in [5, 5.41) is 4.05. The van der Waals surface area contributed by atoms with Gasteiger partial charge in [-0.2, -0.15) is 5.10 Å². The van der Waals surface area contributed by atoms with Gasteiger partial charge < -0.3 is 5.73 Å². The van der Waals surface area contributed by atoms with E-state index < -0.39 is 20.7 Å². The standard InChI is InChI=1S/C12H14ClFN4O2S/c13-9-7-10(15)12(14)11(8-9)21(19,20)17-4-2-6-18-5-1-3-16-18/h1,3,5,7-8,17H,2,4,6,15H2. The van der Waals surface area contributed by atoms with Crippen LogP contribution in [-0.4, -0.2) is 24.7 Å². The number of hydrogen-bond acceptors (Lipinski definition) is 4. The first-order chi connectivity index (χ1) is 9.90. The number of nitrogens with one attached hydrogen (secondary N) is 1. The molecule has 0 aliphatic rings. The lowest BCUT2D eigenvalue weighted by molar-refractivity contribution is 0.543. The average Bonchev–Trinajstić information content (AvgIpc) is 2.92. The van der Waals surface area contributed by atoms with Crippen molar-refractivity contribution in [2.45, 2.75) is 17.9 Å². The molecule has 0 aliphatic carbocycles. The maximum Gasteiger partial charge on any atom is 0.243 e. The zero-order valence-corrected chi connectivity index (χ0v) is 12.5. The summed E-state index contributed by atoms with van der Waals surface area (Å²) in [5.74, 6) is -1.00. The molecule has 0 bridgehead atoms. The van der Waals surface area contributed by atoms with E-state index in [1.807, 2.05) is 0 Å². The Balaban J connectivity index is 2.02. The molecule has 1 heterocycles. The highest BCUT2D eigenvalue weighted by Crippen LogP contribution is 2.24. The molecule has 21 heavy (non-hydrogen) atoms. The lowest BCUT2D eigenvalue weighted by Crippen LogP contribution is -2.26. The maximum atomic E-state index is 13.8. The minimum Gasteiger partial charge on any atom is -0.396 e. The van der Waals surface area contributed by atoms with Crippen molar-refractivity contribution in [1.29, 1.82) is 0 Å². The molecule has 0 saturated heterocycles. The van der Waals surface area contributed by atoms with Gasteiger partial charge in [-0.25, -0.2) is 17.5 Å². The lowest BCUT2D eigenvalue weighted by atomic mass is 10.3. The van der Waals surface area contributed by atoms with Gasteiger partial charge >= 0.3 is 0 Å². The largest absolute Gasteiger partial charge is 0.396 e. The normalized spacial score (nSPS) is 11.7. The molecule has 0 fully saturated rings. The fourth-order valence-electron chi connectivity index (χ4n) is 1.74. The lowest BCUT2D eigenvalue weighted by Gasteiger charge is -2.09. The fraction of sp³-hybridized carbons (Fsp3) is 0.250. The van der Waals surface area contributed by atoms with Crippen LogP contribution < -0.4 is 10.5 Å². The highest BCUT2D eigenvalue weighted by molar-refractivity contribution is 7.89. The molecule has 0 radical (unpaired) electrons. The van der Waals surface area contributed by atoms with Crippen LogP contribution in [0.25, 0.3) is 0 Å². The van der Waals surface area contributed by atoms with Crippen LogP contribution in [0, 0.1) is 5.82 Å². The predicted molar refractivity (Wildman–Crippen MR) is 77.9 cm³/mol. The second kappa shape index (κ2) is 6.42. The molecule has 1 aromatic carbocycles. The molecular formula is C12H14ClFN4O2S. The Morgan fingerprint density at radius 3 is 2.86 bits per heavy atom. The molecule has 2 aromatic rings. The van der Waals surface area contributed by atoms with Gasteiger partial charge in [-0.1, -0.05) is 11.6 Å². The zero-order valence-electron chi connectivity index (χ0n) is 11.0. The Labute approximate surface area is 126 Å². The molecule has 0 atom stereocenters. The number of halogens is 2. The molecule has 0 amide bonds. The van der Waals surface area contributed by atoms with Crippen LogP contribution in [0.1, 0.15) is 6.42 Å². The second-order valence-corrected chi connectivity index (χ2v) is 6.50. The van der Waals surface area contributed by atoms with Crippen LogP contribution in [0.5, 0.6) is 0 Å². The monoisotopic (exact) mass is 332 g/mol. The number of anilines is 1. The highest BCUT2D eigenvalue weighted by atomic mass is 35.5. The molecular weight excluding hydrogens is 319 g/mol. The Morgan fingerprint density at radius 1 is 1.43 bits per heavy atom. The molecule has 0 aliphatic heterocycles. The van der Waals surface area contributed by atoms with Gasteiger partial charge in [-0.3, -0.25) is 4.68 Å². The maximum absolute atomic E-state index is 13.8. The molecule has 0 spiro atoms. The first kappa shape index (κ1) is 15.7. The number of nitrogen functional groups attached to an aromatic ring is 1. The number of nitrogens with zero attached hydrogens (tertiary/aromatic N) is 2. The van der Waals surface area contributed by atoms with Gasteiger partial charge in [-0.05, 0) is 24.6 Å². The van der Waals surface area contributed by atoms with E-state index >= 15 is 0 Å². The van der Waals surface area contributed by atoms with Gasteiger partial charge in [0.25, 0.3) is 0 Å². The third kappa shape index (κ3) is 3.93. The minimum absolute atomic E-state index is 0.0609. The summed E-state index contributed by atoms with van der Waals surface area (Å²) < 4.78 is 41.8. The van der Waals surface area contributed by atoms with E-state index in [9.17, 15) is 12.8 Å². The molecule has 9 heteroatoms. The van der Waals surface area contributed by atoms with E-state index in [0.717, 1.165) is 12.1 Å². The third-order valence-corrected chi connectivity index (χ3v) is 4.42. The van der Waals surface area contributed by atoms with Gasteiger partial charge in [0.2, 0.25) is 10.0 Å². The first-order valence-corrected chi connectivity index (χ1v) is 7.98. The van der Waals surface area contributed by atoms with Crippen molar-refractivity contribution >= 4 is 27.3 Å². The smallest absolute Gasteiger partial charge is 0.243 e. The SMILES string of the molecule is Nc1cc(Cl)cc(S(=O)(=O)NCCCn2cccn2)c1F. The van der Waals surface area contributed by atoms with Gasteiger partial charge in [0.15, 0.2) is 5.82 Å². The number of nitrogens with two attached hydrogens (primary N) is 1. The Morgan fingerprint density at radius 2 is 2.19 bits per heavy atom. The summed E-state index contributed by atoms with van der Waals surface area (Å²) in [6.45, 7) is 0.698. The second-order valence-electron chi connectivity index (χ2n) is 4.33. The number of rotatable bonds is 6. The van der Waals surface area contributed by atoms with Crippen LogP contribution in [-0.2, 0) is 16.6 Å². The summed E-state index contributed by atoms with van der Waals surface area (Å²) in [5.41, 5.74) is 5.07. The minimum atomic E-state index is -4.00. The molecule has 0 saturated carbocycles. The summed E-state index contributed by atoms with van der Waals surface area (Å²) in [4.78, 5) is -0.549. The number of benzene rings is 1. The first-order valence-electron chi connectivity index (χ1n) is 6.12. The molecule has 114 valence electrons. The molecule has 0 unspecified atom stereocenters. The van der Waals surface area contributed by atoms with Crippen LogP contribution in [0.15, 0.2) is 35.5 Å². The third-order valence-electron chi connectivity index (χ3n) is 2.74. The Bertz CT molecular complexity index is 719. The van der Waals surface area contributed by atoms with E-state index in [2.05, 4.69) is 9.82 Å². The van der Waals surface area contributed by atoms with Crippen molar-refractivity contribution < 1.29 is 12.8 Å². The summed E-state index contributed by atoms with van der Waals surface area (Å²) in [6, 6.07) is 3.96. The summed E-state index contributed by atoms with van der Waals surface area (Å²) in [7, 11) is -4.00. The number of hydrogen-bond donors (Lipinski definition) is 2. The quantitative estimate of drug-likeness (QED) is 0.621. The van der Waals surface area contributed by atoms with Crippen molar-refractivity contribution in [3.05, 3.63) is 41.4 Å². The van der Waals surface area contributed by atoms with Crippen molar-refractivity contribution in [2.75, 3.05) is 12.3 Å². The average molecular weight is 333 g/mol. The number of sulfonamides is 1. The van der Waals surface area contributed by atoms with Crippen molar-refractivity contribution in [3.8, 4) is 0 Å². The van der Waals surface area contributed by atoms with Gasteiger partial charge in [0, 0.05) is 30.5 Å². The highest BCUT2D eigenvalue weighted by Gasteiger charge is 2.21. The number of aromatic nitrogens is 2. The Hall–Kier alpha value is -1.64. The number of aryl methyl sites for hydroxylation is 1. The Kier molecular flexibility index (Phi) is 4.81. The van der Waals surface area contributed by atoms with Gasteiger partial charge in [0.05, 0.1) is 5.69 Å². The molecule has 1 aromatic heterocycles. The van der Waals surface area contributed by atoms with E-state index in [4.69, 9.17) is 17.3 Å². The van der Waals surface area contributed by atoms with Crippen molar-refractivity contribution in [3.63, 3.8) is 0 Å². The molecule has 3 N–H and O–H groups in total. The van der Waals surface area contributed by atoms with E-state index in [1.54, 1.807) is 23.1 Å². The summed E-state index contributed by atoms with van der Waals surface area (Å²) >= 11 is 5.71. The van der Waals surface area contributed by atoms with Crippen molar-refractivity contribution in [2.24, 2.45) is 0 Å². The van der Waals surface area contributed by atoms with Gasteiger partial charge in [0.1, 0.15) is 4.90 Å². The van der Waals surface area contributed by atoms with E-state index in [1.165, 1.54) is 0 Å².